The van der Waals surface area contributed by atoms with Crippen molar-refractivity contribution in [1.82, 2.24) is 14.4 Å². The van der Waals surface area contributed by atoms with Crippen molar-refractivity contribution in [2.45, 2.75) is 19.2 Å². The van der Waals surface area contributed by atoms with E-state index in [9.17, 15) is 5.11 Å². The van der Waals surface area contributed by atoms with Gasteiger partial charge in [-0.05, 0) is 47.5 Å². The zero-order valence-corrected chi connectivity index (χ0v) is 19.8. The van der Waals surface area contributed by atoms with Gasteiger partial charge >= 0.3 is 0 Å². The minimum Gasteiger partial charge on any atom is -0.497 e. The third-order valence-corrected chi connectivity index (χ3v) is 6.77. The van der Waals surface area contributed by atoms with E-state index >= 15 is 0 Å². The van der Waals surface area contributed by atoms with Crippen LogP contribution in [0.2, 0.25) is 0 Å². The summed E-state index contributed by atoms with van der Waals surface area (Å²) in [5, 5.41) is 12.3. The Morgan fingerprint density at radius 2 is 1.47 bits per heavy atom. The monoisotopic (exact) mass is 455 g/mol. The number of ether oxygens (including phenoxy) is 1. The Balaban J connectivity index is 1.25. The lowest BCUT2D eigenvalue weighted by Gasteiger charge is -2.35. The summed E-state index contributed by atoms with van der Waals surface area (Å²) in [6.45, 7) is 6.30. The zero-order chi connectivity index (χ0) is 23.3. The van der Waals surface area contributed by atoms with E-state index in [1.54, 1.807) is 7.11 Å². The molecule has 0 spiro atoms. The number of fused-ring (bicyclic) bond motifs is 1. The van der Waals surface area contributed by atoms with Crippen molar-refractivity contribution in [3.63, 3.8) is 0 Å². The molecule has 0 saturated carbocycles. The van der Waals surface area contributed by atoms with Crippen LogP contribution < -0.4 is 4.74 Å². The number of β-amino-alcohol motifs (C(OH)–C–C–N with tert-alkyl or cyclic N) is 1. The highest BCUT2D eigenvalue weighted by Gasteiger charge is 2.21. The van der Waals surface area contributed by atoms with Crippen LogP contribution in [0.3, 0.4) is 0 Å². The van der Waals surface area contributed by atoms with Crippen LogP contribution in [0.15, 0.2) is 84.9 Å². The van der Waals surface area contributed by atoms with Gasteiger partial charge < -0.3 is 14.4 Å². The molecule has 176 valence electrons. The fraction of sp³-hybridized carbons (Fsp3) is 0.310. The van der Waals surface area contributed by atoms with Crippen LogP contribution in [-0.2, 0) is 13.1 Å². The lowest BCUT2D eigenvalue weighted by atomic mass is 10.1. The molecule has 3 aromatic carbocycles. The van der Waals surface area contributed by atoms with Crippen LogP contribution in [0.25, 0.3) is 22.2 Å². The summed E-state index contributed by atoms with van der Waals surface area (Å²) in [7, 11) is 1.68. The molecule has 1 aromatic heterocycles. The second kappa shape index (κ2) is 10.4. The highest BCUT2D eigenvalue weighted by atomic mass is 16.5. The van der Waals surface area contributed by atoms with E-state index in [1.165, 1.54) is 10.9 Å². The molecule has 1 atom stereocenters. The predicted octanol–water partition coefficient (Wildman–Crippen LogP) is 4.50. The molecule has 1 fully saturated rings. The fourth-order valence-corrected chi connectivity index (χ4v) is 4.95. The van der Waals surface area contributed by atoms with Crippen molar-refractivity contribution in [3.05, 3.63) is 90.5 Å². The summed E-state index contributed by atoms with van der Waals surface area (Å²) in [5.74, 6) is 0.845. The second-order valence-electron chi connectivity index (χ2n) is 9.14. The maximum atomic E-state index is 11.1. The molecule has 0 aliphatic carbocycles. The Labute approximate surface area is 201 Å². The molecule has 1 N–H and O–H groups in total. The van der Waals surface area contributed by atoms with E-state index in [-0.39, 0.29) is 0 Å². The highest BCUT2D eigenvalue weighted by molar-refractivity contribution is 5.87. The quantitative estimate of drug-likeness (QED) is 0.425. The van der Waals surface area contributed by atoms with Gasteiger partial charge in [0.15, 0.2) is 0 Å². The predicted molar refractivity (Wildman–Crippen MR) is 138 cm³/mol. The Morgan fingerprint density at radius 1 is 0.794 bits per heavy atom. The molecule has 4 aromatic rings. The summed E-state index contributed by atoms with van der Waals surface area (Å²) in [6.07, 6.45) is -0.437. The molecular weight excluding hydrogens is 422 g/mol. The van der Waals surface area contributed by atoms with E-state index in [4.69, 9.17) is 4.74 Å². The molecule has 0 bridgehead atoms. The van der Waals surface area contributed by atoms with Crippen molar-refractivity contribution in [1.29, 1.82) is 0 Å². The molecule has 1 aliphatic rings. The van der Waals surface area contributed by atoms with Crippen LogP contribution >= 0.6 is 0 Å². The van der Waals surface area contributed by atoms with Gasteiger partial charge in [-0.3, -0.25) is 9.80 Å². The third-order valence-electron chi connectivity index (χ3n) is 6.77. The van der Waals surface area contributed by atoms with Crippen LogP contribution in [-0.4, -0.2) is 65.4 Å². The van der Waals surface area contributed by atoms with Gasteiger partial charge in [0.25, 0.3) is 0 Å². The van der Waals surface area contributed by atoms with Crippen molar-refractivity contribution >= 4 is 10.9 Å². The van der Waals surface area contributed by atoms with E-state index < -0.39 is 6.10 Å². The van der Waals surface area contributed by atoms with Crippen LogP contribution in [0.1, 0.15) is 5.56 Å². The van der Waals surface area contributed by atoms with E-state index in [0.29, 0.717) is 13.1 Å². The van der Waals surface area contributed by atoms with E-state index in [0.717, 1.165) is 55.2 Å². The van der Waals surface area contributed by atoms with Crippen LogP contribution in [0.5, 0.6) is 5.75 Å². The lowest BCUT2D eigenvalue weighted by molar-refractivity contribution is 0.0630. The Morgan fingerprint density at radius 3 is 2.21 bits per heavy atom. The van der Waals surface area contributed by atoms with Gasteiger partial charge in [-0.25, -0.2) is 0 Å². The summed E-state index contributed by atoms with van der Waals surface area (Å²) in [6, 6.07) is 29.4. The SMILES string of the molecule is COc1ccc(-c2cc3ccccc3n2C[C@@H](O)CN2CCN(Cc3ccccc3)CC2)cc1. The third kappa shape index (κ3) is 5.17. The minimum absolute atomic E-state index is 0.437. The molecule has 5 heteroatoms. The average Bonchev–Trinajstić information content (AvgIpc) is 3.24. The smallest absolute Gasteiger partial charge is 0.118 e. The summed E-state index contributed by atoms with van der Waals surface area (Å²) in [4.78, 5) is 4.89. The maximum Gasteiger partial charge on any atom is 0.118 e. The van der Waals surface area contributed by atoms with Gasteiger partial charge in [0.2, 0.25) is 0 Å². The Bertz CT molecular complexity index is 1200. The largest absolute Gasteiger partial charge is 0.497 e. The summed E-state index contributed by atoms with van der Waals surface area (Å²) < 4.78 is 7.59. The number of aliphatic hydroxyl groups is 1. The number of hydrogen-bond acceptors (Lipinski definition) is 4. The second-order valence-corrected chi connectivity index (χ2v) is 9.14. The normalized spacial score (nSPS) is 16.1. The first-order valence-electron chi connectivity index (χ1n) is 12.1. The summed E-state index contributed by atoms with van der Waals surface area (Å²) >= 11 is 0. The number of hydrogen-bond donors (Lipinski definition) is 1. The van der Waals surface area contributed by atoms with E-state index in [1.807, 2.05) is 12.1 Å². The molecule has 1 aliphatic heterocycles. The number of benzene rings is 3. The van der Waals surface area contributed by atoms with Gasteiger partial charge in [0.05, 0.1) is 19.8 Å². The number of aromatic nitrogens is 1. The summed E-state index contributed by atoms with van der Waals surface area (Å²) in [5.41, 5.74) is 4.76. The van der Waals surface area contributed by atoms with Crippen molar-refractivity contribution < 1.29 is 9.84 Å². The standard InChI is InChI=1S/C29H33N3O2/c1-34-27-13-11-24(12-14-27)29-19-25-9-5-6-10-28(25)32(29)22-26(33)21-31-17-15-30(16-18-31)20-23-7-3-2-4-8-23/h2-14,19,26,33H,15-18,20-22H2,1H3/t26-/m0/s1. The molecule has 2 heterocycles. The first kappa shape index (κ1) is 22.7. The molecular formula is C29H33N3O2. The average molecular weight is 456 g/mol. The first-order valence-corrected chi connectivity index (χ1v) is 12.1. The van der Waals surface area contributed by atoms with Crippen molar-refractivity contribution in [2.24, 2.45) is 0 Å². The number of methoxy groups -OCH3 is 1. The highest BCUT2D eigenvalue weighted by Crippen LogP contribution is 2.30. The Hall–Kier alpha value is -3.12. The van der Waals surface area contributed by atoms with Gasteiger partial charge in [0, 0.05) is 55.9 Å². The number of para-hydroxylation sites is 1. The molecule has 5 rings (SSSR count). The molecule has 34 heavy (non-hydrogen) atoms. The van der Waals surface area contributed by atoms with Gasteiger partial charge in [-0.1, -0.05) is 48.5 Å². The molecule has 0 amide bonds. The van der Waals surface area contributed by atoms with Crippen LogP contribution in [0.4, 0.5) is 0 Å². The van der Waals surface area contributed by atoms with Gasteiger partial charge in [-0.2, -0.15) is 0 Å². The van der Waals surface area contributed by atoms with Gasteiger partial charge in [-0.15, -0.1) is 0 Å². The maximum absolute atomic E-state index is 11.1. The van der Waals surface area contributed by atoms with E-state index in [2.05, 4.69) is 87.2 Å². The van der Waals surface area contributed by atoms with Crippen molar-refractivity contribution in [3.8, 4) is 17.0 Å². The lowest BCUT2D eigenvalue weighted by Crippen LogP contribution is -2.48. The number of aliphatic hydroxyl groups excluding tert-OH is 1. The Kier molecular flexibility index (Phi) is 6.95. The zero-order valence-electron chi connectivity index (χ0n) is 19.8. The number of piperazine rings is 1. The molecule has 0 unspecified atom stereocenters. The van der Waals surface area contributed by atoms with Gasteiger partial charge in [0.1, 0.15) is 5.75 Å². The van der Waals surface area contributed by atoms with Crippen LogP contribution in [0, 0.1) is 0 Å². The minimum atomic E-state index is -0.437. The molecule has 1 saturated heterocycles. The van der Waals surface area contributed by atoms with Crippen molar-refractivity contribution in [2.75, 3.05) is 39.8 Å². The topological polar surface area (TPSA) is 40.9 Å². The number of rotatable bonds is 8. The number of nitrogens with zero attached hydrogens (tertiary/aromatic N) is 3. The first-order chi connectivity index (χ1) is 16.7. The molecule has 0 radical (unpaired) electrons. The fourth-order valence-electron chi connectivity index (χ4n) is 4.95. The molecule has 5 nitrogen and oxygen atoms in total.